The molecule has 0 fully saturated rings. The highest BCUT2D eigenvalue weighted by molar-refractivity contribution is 7.88. The summed E-state index contributed by atoms with van der Waals surface area (Å²) in [5.41, 5.74) is 2.24. The summed E-state index contributed by atoms with van der Waals surface area (Å²) in [6, 6.07) is 12.9. The number of carbonyl (C=O) groups is 1. The van der Waals surface area contributed by atoms with Crippen LogP contribution in [0.4, 0.5) is 0 Å². The molecule has 3 rings (SSSR count). The fourth-order valence-corrected chi connectivity index (χ4v) is 4.77. The second-order valence-electron chi connectivity index (χ2n) is 7.40. The van der Waals surface area contributed by atoms with Gasteiger partial charge in [0.2, 0.25) is 15.9 Å². The van der Waals surface area contributed by atoms with E-state index < -0.39 is 21.8 Å². The molecule has 9 heteroatoms. The Hall–Kier alpha value is -2.91. The van der Waals surface area contributed by atoms with Crippen molar-refractivity contribution < 1.29 is 17.6 Å². The maximum absolute atomic E-state index is 12.7. The summed E-state index contributed by atoms with van der Waals surface area (Å²) in [5.74, 6) is -1.16. The summed E-state index contributed by atoms with van der Waals surface area (Å²) in [5, 5.41) is 2.79. The number of hydrogen-bond acceptors (Lipinski definition) is 5. The summed E-state index contributed by atoms with van der Waals surface area (Å²) in [4.78, 5) is 24.9. The minimum absolute atomic E-state index is 0.140. The number of hydrogen-bond donors (Lipinski definition) is 2. The molecule has 1 amide bonds. The maximum Gasteiger partial charge on any atom is 0.420 e. The van der Waals surface area contributed by atoms with Gasteiger partial charge >= 0.3 is 5.76 Å². The Morgan fingerprint density at radius 1 is 1.03 bits per heavy atom. The van der Waals surface area contributed by atoms with Gasteiger partial charge in [-0.25, -0.2) is 17.9 Å². The average molecular weight is 432 g/mol. The van der Waals surface area contributed by atoms with Crippen LogP contribution in [0.1, 0.15) is 37.9 Å². The van der Waals surface area contributed by atoms with E-state index in [0.717, 1.165) is 0 Å². The van der Waals surface area contributed by atoms with Gasteiger partial charge < -0.3 is 9.73 Å². The van der Waals surface area contributed by atoms with E-state index in [1.807, 2.05) is 0 Å². The van der Waals surface area contributed by atoms with Crippen LogP contribution in [0.15, 0.2) is 57.7 Å². The second-order valence-corrected chi connectivity index (χ2v) is 9.15. The molecule has 0 saturated heterocycles. The Morgan fingerprint density at radius 3 is 2.37 bits per heavy atom. The van der Waals surface area contributed by atoms with Gasteiger partial charge in [-0.05, 0) is 44.0 Å². The van der Waals surface area contributed by atoms with E-state index in [0.29, 0.717) is 22.2 Å². The monoisotopic (exact) mass is 431 g/mol. The van der Waals surface area contributed by atoms with Gasteiger partial charge in [-0.15, -0.1) is 0 Å². The molecule has 0 saturated carbocycles. The van der Waals surface area contributed by atoms with E-state index >= 15 is 0 Å². The molecule has 1 aromatic heterocycles. The predicted octanol–water partition coefficient (Wildman–Crippen LogP) is 2.30. The van der Waals surface area contributed by atoms with Gasteiger partial charge in [-0.1, -0.05) is 36.4 Å². The van der Waals surface area contributed by atoms with Crippen LogP contribution in [-0.4, -0.2) is 24.9 Å². The number of amides is 1. The van der Waals surface area contributed by atoms with Gasteiger partial charge in [0.25, 0.3) is 0 Å². The van der Waals surface area contributed by atoms with Crippen LogP contribution in [0.2, 0.25) is 0 Å². The van der Waals surface area contributed by atoms with E-state index in [1.54, 1.807) is 69.3 Å². The van der Waals surface area contributed by atoms with Gasteiger partial charge in [0, 0.05) is 12.6 Å². The molecule has 0 aliphatic carbocycles. The molecule has 0 spiro atoms. The van der Waals surface area contributed by atoms with Crippen molar-refractivity contribution in [2.75, 3.05) is 0 Å². The molecule has 3 aromatic rings. The lowest BCUT2D eigenvalue weighted by Gasteiger charge is -2.16. The molecule has 0 radical (unpaired) electrons. The molecule has 1 heterocycles. The first-order chi connectivity index (χ1) is 14.2. The summed E-state index contributed by atoms with van der Waals surface area (Å²) in [7, 11) is -3.50. The van der Waals surface area contributed by atoms with Crippen molar-refractivity contribution in [3.63, 3.8) is 0 Å². The first kappa shape index (κ1) is 21.8. The lowest BCUT2D eigenvalue weighted by atomic mass is 10.1. The van der Waals surface area contributed by atoms with Crippen molar-refractivity contribution in [3.05, 3.63) is 70.2 Å². The number of fused-ring (bicyclic) bond motifs is 1. The summed E-state index contributed by atoms with van der Waals surface area (Å²) < 4.78 is 33.6. The Labute approximate surface area is 174 Å². The summed E-state index contributed by atoms with van der Waals surface area (Å²) in [6.45, 7) is 5.27. The van der Waals surface area contributed by atoms with Crippen molar-refractivity contribution in [2.24, 2.45) is 0 Å². The number of nitrogens with one attached hydrogen (secondary N) is 2. The zero-order valence-electron chi connectivity index (χ0n) is 17.1. The summed E-state index contributed by atoms with van der Waals surface area (Å²) in [6.07, 6.45) is 0. The van der Waals surface area contributed by atoms with Crippen LogP contribution < -0.4 is 15.8 Å². The molecule has 0 aliphatic rings. The average Bonchev–Trinajstić information content (AvgIpc) is 3.00. The minimum Gasteiger partial charge on any atom is -0.408 e. The van der Waals surface area contributed by atoms with E-state index in [2.05, 4.69) is 10.0 Å². The molecule has 1 unspecified atom stereocenters. The highest BCUT2D eigenvalue weighted by atomic mass is 32.2. The van der Waals surface area contributed by atoms with Crippen molar-refractivity contribution in [1.29, 1.82) is 0 Å². The molecule has 160 valence electrons. The molecular formula is C21H25N3O5S. The van der Waals surface area contributed by atoms with E-state index in [1.165, 1.54) is 4.57 Å². The van der Waals surface area contributed by atoms with Gasteiger partial charge in [-0.3, -0.25) is 9.36 Å². The van der Waals surface area contributed by atoms with E-state index in [-0.39, 0.29) is 24.2 Å². The van der Waals surface area contributed by atoms with Crippen LogP contribution in [-0.2, 0) is 27.1 Å². The normalized spacial score (nSPS) is 12.9. The number of aromatic nitrogens is 1. The smallest absolute Gasteiger partial charge is 0.408 e. The molecule has 30 heavy (non-hydrogen) atoms. The standard InChI is InChI=1S/C21H25N3O5S/c1-14(2)23-30(27,28)13-17-9-5-4-8-16(17)12-22-20(25)15(3)24-18-10-6-7-11-19(18)29-21(24)26/h4-11,14-15,23H,12-13H2,1-3H3,(H,22,25). The predicted molar refractivity (Wildman–Crippen MR) is 114 cm³/mol. The number of sulfonamides is 1. The van der Waals surface area contributed by atoms with Crippen molar-refractivity contribution in [3.8, 4) is 0 Å². The Morgan fingerprint density at radius 2 is 1.67 bits per heavy atom. The quantitative estimate of drug-likeness (QED) is 0.569. The lowest BCUT2D eigenvalue weighted by molar-refractivity contribution is -0.124. The molecule has 8 nitrogen and oxygen atoms in total. The number of oxazole rings is 1. The SMILES string of the molecule is CC(C)NS(=O)(=O)Cc1ccccc1CNC(=O)C(C)n1c(=O)oc2ccccc21. The highest BCUT2D eigenvalue weighted by Gasteiger charge is 2.21. The van der Waals surface area contributed by atoms with Gasteiger partial charge in [0.05, 0.1) is 11.3 Å². The number of nitrogens with zero attached hydrogens (tertiary/aromatic N) is 1. The molecule has 2 N–H and O–H groups in total. The van der Waals surface area contributed by atoms with Crippen LogP contribution in [0, 0.1) is 0 Å². The fraction of sp³-hybridized carbons (Fsp3) is 0.333. The topological polar surface area (TPSA) is 110 Å². The third kappa shape index (κ3) is 4.98. The largest absolute Gasteiger partial charge is 0.420 e. The zero-order valence-corrected chi connectivity index (χ0v) is 17.9. The number of para-hydroxylation sites is 2. The van der Waals surface area contributed by atoms with Gasteiger partial charge in [0.1, 0.15) is 6.04 Å². The third-order valence-electron chi connectivity index (χ3n) is 4.62. The zero-order chi connectivity index (χ0) is 21.9. The van der Waals surface area contributed by atoms with Crippen LogP contribution >= 0.6 is 0 Å². The Kier molecular flexibility index (Phi) is 6.42. The Bertz CT molecular complexity index is 1210. The number of benzene rings is 2. The van der Waals surface area contributed by atoms with E-state index in [9.17, 15) is 18.0 Å². The number of carbonyl (C=O) groups excluding carboxylic acids is 1. The van der Waals surface area contributed by atoms with Crippen LogP contribution in [0.3, 0.4) is 0 Å². The van der Waals surface area contributed by atoms with Crippen molar-refractivity contribution in [2.45, 2.75) is 45.2 Å². The first-order valence-corrected chi connectivity index (χ1v) is 11.3. The highest BCUT2D eigenvalue weighted by Crippen LogP contribution is 2.17. The number of rotatable bonds is 8. The molecule has 1 atom stereocenters. The molecule has 2 aromatic carbocycles. The molecule has 0 bridgehead atoms. The van der Waals surface area contributed by atoms with Crippen molar-refractivity contribution >= 4 is 27.0 Å². The maximum atomic E-state index is 12.7. The van der Waals surface area contributed by atoms with Crippen molar-refractivity contribution in [1.82, 2.24) is 14.6 Å². The lowest BCUT2D eigenvalue weighted by Crippen LogP contribution is -2.34. The van der Waals surface area contributed by atoms with Crippen LogP contribution in [0.25, 0.3) is 11.1 Å². The molecule has 0 aliphatic heterocycles. The van der Waals surface area contributed by atoms with Gasteiger partial charge in [-0.2, -0.15) is 0 Å². The third-order valence-corrected chi connectivity index (χ3v) is 6.14. The Balaban J connectivity index is 1.75. The van der Waals surface area contributed by atoms with E-state index in [4.69, 9.17) is 4.42 Å². The second kappa shape index (κ2) is 8.85. The van der Waals surface area contributed by atoms with Crippen LogP contribution in [0.5, 0.6) is 0 Å². The fourth-order valence-electron chi connectivity index (χ4n) is 3.27. The van der Waals surface area contributed by atoms with Gasteiger partial charge in [0.15, 0.2) is 5.58 Å². The minimum atomic E-state index is -3.50. The first-order valence-electron chi connectivity index (χ1n) is 9.62. The molecular weight excluding hydrogens is 406 g/mol. The summed E-state index contributed by atoms with van der Waals surface area (Å²) >= 11 is 0.